The second-order valence-corrected chi connectivity index (χ2v) is 7.75. The Bertz CT molecular complexity index is 1050. The van der Waals surface area contributed by atoms with Gasteiger partial charge < -0.3 is 10.2 Å². The topological polar surface area (TPSA) is 58.1 Å². The van der Waals surface area contributed by atoms with Gasteiger partial charge in [0.05, 0.1) is 11.3 Å². The molecule has 28 heavy (non-hydrogen) atoms. The Morgan fingerprint density at radius 2 is 1.93 bits per heavy atom. The van der Waals surface area contributed by atoms with E-state index < -0.39 is 11.6 Å². The highest BCUT2D eigenvalue weighted by Crippen LogP contribution is 2.30. The molecule has 1 aromatic carbocycles. The number of thioether (sulfide) groups is 1. The first-order chi connectivity index (χ1) is 13.5. The van der Waals surface area contributed by atoms with Gasteiger partial charge in [0.25, 0.3) is 5.91 Å². The predicted octanol–water partition coefficient (Wildman–Crippen LogP) is 4.15. The molecule has 4 rings (SSSR count). The highest BCUT2D eigenvalue weighted by Gasteiger charge is 2.23. The third kappa shape index (κ3) is 3.64. The number of hydrogen-bond donors (Lipinski definition) is 1. The first-order valence-electron chi connectivity index (χ1n) is 8.88. The fraction of sp³-hybridized carbons (Fsp3) is 0.250. The summed E-state index contributed by atoms with van der Waals surface area (Å²) < 4.78 is 27.0. The summed E-state index contributed by atoms with van der Waals surface area (Å²) in [6, 6.07) is 7.20. The largest absolute Gasteiger partial charge is 0.354 e. The zero-order valence-corrected chi connectivity index (χ0v) is 16.0. The SMILES string of the molecule is Cc1ccc2c(Nc3ccc(F)c(F)c3)c(C(=O)N3CCSCC3)cnc2n1. The van der Waals surface area contributed by atoms with Gasteiger partial charge in [-0.25, -0.2) is 18.7 Å². The Hall–Kier alpha value is -2.74. The van der Waals surface area contributed by atoms with Crippen LogP contribution in [0.15, 0.2) is 36.5 Å². The van der Waals surface area contributed by atoms with Crippen molar-refractivity contribution in [1.29, 1.82) is 0 Å². The number of halogens is 2. The van der Waals surface area contributed by atoms with E-state index in [2.05, 4.69) is 15.3 Å². The molecule has 2 aromatic heterocycles. The number of aryl methyl sites for hydroxylation is 1. The van der Waals surface area contributed by atoms with Gasteiger partial charge in [0, 0.05) is 53.6 Å². The summed E-state index contributed by atoms with van der Waals surface area (Å²) in [6.07, 6.45) is 1.50. The summed E-state index contributed by atoms with van der Waals surface area (Å²) in [7, 11) is 0. The first-order valence-corrected chi connectivity index (χ1v) is 10.0. The van der Waals surface area contributed by atoms with Crippen molar-refractivity contribution < 1.29 is 13.6 Å². The molecule has 8 heteroatoms. The van der Waals surface area contributed by atoms with Crippen LogP contribution in [-0.4, -0.2) is 45.4 Å². The normalized spacial score (nSPS) is 14.3. The third-order valence-corrected chi connectivity index (χ3v) is 5.53. The smallest absolute Gasteiger partial charge is 0.257 e. The molecule has 0 saturated carbocycles. The number of rotatable bonds is 3. The van der Waals surface area contributed by atoms with Crippen molar-refractivity contribution in [3.05, 3.63) is 59.4 Å². The maximum atomic E-state index is 13.7. The van der Waals surface area contributed by atoms with Gasteiger partial charge in [-0.3, -0.25) is 4.79 Å². The number of carbonyl (C=O) groups is 1. The van der Waals surface area contributed by atoms with E-state index in [1.165, 1.54) is 12.3 Å². The molecule has 1 saturated heterocycles. The minimum atomic E-state index is -0.960. The lowest BCUT2D eigenvalue weighted by atomic mass is 10.1. The molecule has 5 nitrogen and oxygen atoms in total. The number of anilines is 2. The molecule has 1 amide bonds. The van der Waals surface area contributed by atoms with Gasteiger partial charge in [0.15, 0.2) is 17.3 Å². The van der Waals surface area contributed by atoms with Crippen LogP contribution in [0.4, 0.5) is 20.2 Å². The monoisotopic (exact) mass is 400 g/mol. The lowest BCUT2D eigenvalue weighted by Gasteiger charge is -2.27. The van der Waals surface area contributed by atoms with Crippen LogP contribution in [0.25, 0.3) is 11.0 Å². The first kappa shape index (κ1) is 18.6. The Kier molecular flexibility index (Phi) is 5.13. The summed E-state index contributed by atoms with van der Waals surface area (Å²) in [5.74, 6) is -0.248. The van der Waals surface area contributed by atoms with Gasteiger partial charge in [-0.2, -0.15) is 11.8 Å². The molecule has 1 aliphatic rings. The van der Waals surface area contributed by atoms with E-state index in [4.69, 9.17) is 0 Å². The van der Waals surface area contributed by atoms with Crippen LogP contribution < -0.4 is 5.32 Å². The molecule has 3 aromatic rings. The quantitative estimate of drug-likeness (QED) is 0.716. The molecule has 0 atom stereocenters. The second-order valence-electron chi connectivity index (χ2n) is 6.53. The van der Waals surface area contributed by atoms with E-state index in [-0.39, 0.29) is 5.91 Å². The third-order valence-electron chi connectivity index (χ3n) is 4.59. The Labute approximate surface area is 165 Å². The summed E-state index contributed by atoms with van der Waals surface area (Å²) in [5, 5.41) is 3.73. The van der Waals surface area contributed by atoms with Gasteiger partial charge in [-0.05, 0) is 31.2 Å². The molecule has 1 aliphatic heterocycles. The molecular formula is C20H18F2N4OS. The number of pyridine rings is 2. The average Bonchev–Trinajstić information content (AvgIpc) is 2.71. The van der Waals surface area contributed by atoms with Crippen LogP contribution in [-0.2, 0) is 0 Å². The van der Waals surface area contributed by atoms with Gasteiger partial charge in [-0.1, -0.05) is 0 Å². The minimum Gasteiger partial charge on any atom is -0.354 e. The molecule has 3 heterocycles. The summed E-state index contributed by atoms with van der Waals surface area (Å²) in [4.78, 5) is 23.7. The van der Waals surface area contributed by atoms with E-state index in [1.54, 1.807) is 4.90 Å². The number of nitrogens with zero attached hydrogens (tertiary/aromatic N) is 3. The zero-order valence-electron chi connectivity index (χ0n) is 15.2. The lowest BCUT2D eigenvalue weighted by molar-refractivity contribution is 0.0773. The van der Waals surface area contributed by atoms with Crippen LogP contribution in [0.5, 0.6) is 0 Å². The van der Waals surface area contributed by atoms with Crippen LogP contribution >= 0.6 is 11.8 Å². The number of benzene rings is 1. The number of nitrogens with one attached hydrogen (secondary N) is 1. The predicted molar refractivity (Wildman–Crippen MR) is 107 cm³/mol. The van der Waals surface area contributed by atoms with Crippen LogP contribution in [0, 0.1) is 18.6 Å². The van der Waals surface area contributed by atoms with Crippen molar-refractivity contribution in [3.63, 3.8) is 0 Å². The van der Waals surface area contributed by atoms with Crippen LogP contribution in [0.2, 0.25) is 0 Å². The molecule has 0 radical (unpaired) electrons. The van der Waals surface area contributed by atoms with Crippen molar-refractivity contribution in [2.45, 2.75) is 6.92 Å². The molecule has 0 aliphatic carbocycles. The molecule has 0 unspecified atom stereocenters. The molecule has 144 valence electrons. The second kappa shape index (κ2) is 7.71. The standard InChI is InChI=1S/C20H18F2N4OS/c1-12-2-4-14-18(25-13-3-5-16(21)17(22)10-13)15(11-23-19(14)24-12)20(27)26-6-8-28-9-7-26/h2-5,10-11H,6-9H2,1H3,(H,23,24,25). The molecule has 0 spiro atoms. The fourth-order valence-electron chi connectivity index (χ4n) is 3.12. The van der Waals surface area contributed by atoms with Crippen molar-refractivity contribution in [2.75, 3.05) is 29.9 Å². The number of carbonyl (C=O) groups excluding carboxylic acids is 1. The highest BCUT2D eigenvalue weighted by molar-refractivity contribution is 7.99. The van der Waals surface area contributed by atoms with Gasteiger partial charge in [0.1, 0.15) is 0 Å². The Balaban J connectivity index is 1.81. The van der Waals surface area contributed by atoms with Crippen molar-refractivity contribution in [2.24, 2.45) is 0 Å². The van der Waals surface area contributed by atoms with E-state index in [0.29, 0.717) is 41.1 Å². The lowest BCUT2D eigenvalue weighted by Crippen LogP contribution is -2.38. The van der Waals surface area contributed by atoms with E-state index in [0.717, 1.165) is 29.3 Å². The Morgan fingerprint density at radius 1 is 1.14 bits per heavy atom. The molecule has 1 fully saturated rings. The summed E-state index contributed by atoms with van der Waals surface area (Å²) >= 11 is 1.81. The number of fused-ring (bicyclic) bond motifs is 1. The average molecular weight is 400 g/mol. The molecule has 1 N–H and O–H groups in total. The summed E-state index contributed by atoms with van der Waals surface area (Å²) in [5.41, 5.74) is 2.50. The maximum Gasteiger partial charge on any atom is 0.257 e. The number of hydrogen-bond acceptors (Lipinski definition) is 5. The molecule has 0 bridgehead atoms. The van der Waals surface area contributed by atoms with Gasteiger partial charge in [0.2, 0.25) is 0 Å². The van der Waals surface area contributed by atoms with Crippen molar-refractivity contribution in [3.8, 4) is 0 Å². The minimum absolute atomic E-state index is 0.139. The highest BCUT2D eigenvalue weighted by atomic mass is 32.2. The number of aromatic nitrogens is 2. The van der Waals surface area contributed by atoms with E-state index in [9.17, 15) is 13.6 Å². The van der Waals surface area contributed by atoms with Gasteiger partial charge >= 0.3 is 0 Å². The van der Waals surface area contributed by atoms with Gasteiger partial charge in [-0.15, -0.1) is 0 Å². The number of amides is 1. The fourth-order valence-corrected chi connectivity index (χ4v) is 4.03. The molecular weight excluding hydrogens is 382 g/mol. The van der Waals surface area contributed by atoms with E-state index >= 15 is 0 Å². The zero-order chi connectivity index (χ0) is 19.7. The van der Waals surface area contributed by atoms with Crippen molar-refractivity contribution in [1.82, 2.24) is 14.9 Å². The van der Waals surface area contributed by atoms with Crippen LogP contribution in [0.1, 0.15) is 16.1 Å². The van der Waals surface area contributed by atoms with Crippen LogP contribution in [0.3, 0.4) is 0 Å². The Morgan fingerprint density at radius 3 is 2.68 bits per heavy atom. The van der Waals surface area contributed by atoms with E-state index in [1.807, 2.05) is 30.8 Å². The maximum absolute atomic E-state index is 13.7. The summed E-state index contributed by atoms with van der Waals surface area (Å²) in [6.45, 7) is 3.19. The van der Waals surface area contributed by atoms with Crippen molar-refractivity contribution >= 4 is 40.1 Å².